The highest BCUT2D eigenvalue weighted by Crippen LogP contribution is 2.65. The van der Waals surface area contributed by atoms with Crippen molar-refractivity contribution < 1.29 is 14.6 Å². The molecule has 0 spiro atoms. The molecule has 3 saturated carbocycles. The Balaban J connectivity index is 1.47. The average molecular weight is 383 g/mol. The van der Waals surface area contributed by atoms with Crippen LogP contribution in [0, 0.1) is 35.5 Å². The van der Waals surface area contributed by atoms with Crippen LogP contribution in [-0.4, -0.2) is 22.4 Å². The number of aliphatic hydroxyl groups is 2. The number of aliphatic hydroxyl groups excluding tert-OH is 2. The molecule has 5 rings (SSSR count). The second-order valence-corrected chi connectivity index (χ2v) is 10.5. The zero-order valence-electron chi connectivity index (χ0n) is 17.4. The van der Waals surface area contributed by atoms with Gasteiger partial charge in [-0.25, -0.2) is 0 Å². The van der Waals surface area contributed by atoms with Crippen LogP contribution in [0.4, 0.5) is 0 Å². The molecule has 0 unspecified atom stereocenters. The highest BCUT2D eigenvalue weighted by atomic mass is 16.3. The van der Waals surface area contributed by atoms with E-state index in [0.717, 1.165) is 55.6 Å². The second kappa shape index (κ2) is 6.34. The van der Waals surface area contributed by atoms with Gasteiger partial charge >= 0.3 is 0 Å². The first-order chi connectivity index (χ1) is 13.3. The minimum absolute atomic E-state index is 0.0233. The smallest absolute Gasteiger partial charge is 0.127 e. The minimum atomic E-state index is -0.366. The normalized spacial score (nSPS) is 46.7. The van der Waals surface area contributed by atoms with Gasteiger partial charge in [-0.3, -0.25) is 0 Å². The third-order valence-corrected chi connectivity index (χ3v) is 9.04. The molecule has 1 aromatic rings. The van der Waals surface area contributed by atoms with Gasteiger partial charge in [0.15, 0.2) is 0 Å². The van der Waals surface area contributed by atoms with Crippen molar-refractivity contribution in [3.8, 4) is 0 Å². The largest absolute Gasteiger partial charge is 0.462 e. The van der Waals surface area contributed by atoms with Crippen LogP contribution >= 0.6 is 0 Å². The maximum absolute atomic E-state index is 11.3. The fourth-order valence-electron chi connectivity index (χ4n) is 7.35. The average Bonchev–Trinajstić information content (AvgIpc) is 3.18. The summed E-state index contributed by atoms with van der Waals surface area (Å²) in [6.07, 6.45) is 11.4. The van der Waals surface area contributed by atoms with E-state index in [9.17, 15) is 10.2 Å². The Labute approximate surface area is 168 Å². The standard InChI is InChI=1S/C25H34O3/c1-15-4-6-19(28-15)12-16-13-22-20-7-5-17-14-18(26)8-10-24(17,2)21(20)9-11-25(22,3)23(16)27/h4-6,12,18,20-23,26-27H,7-11,13-14H2,1-3H3/b16-12-/t18-,20-,21-,22-,23-,24+,25+/m1/s1. The summed E-state index contributed by atoms with van der Waals surface area (Å²) in [6, 6.07) is 4.00. The maximum atomic E-state index is 11.3. The van der Waals surface area contributed by atoms with Crippen molar-refractivity contribution in [2.75, 3.05) is 0 Å². The summed E-state index contributed by atoms with van der Waals surface area (Å²) in [5, 5.41) is 21.4. The van der Waals surface area contributed by atoms with E-state index in [1.807, 2.05) is 19.1 Å². The Morgan fingerprint density at radius 1 is 1.07 bits per heavy atom. The van der Waals surface area contributed by atoms with Crippen molar-refractivity contribution in [2.45, 2.75) is 77.9 Å². The van der Waals surface area contributed by atoms with Crippen LogP contribution in [0.3, 0.4) is 0 Å². The van der Waals surface area contributed by atoms with Crippen LogP contribution in [0.25, 0.3) is 6.08 Å². The molecule has 4 aliphatic rings. The van der Waals surface area contributed by atoms with Crippen molar-refractivity contribution in [3.63, 3.8) is 0 Å². The fourth-order valence-corrected chi connectivity index (χ4v) is 7.35. The molecule has 0 aliphatic heterocycles. The molecule has 152 valence electrons. The van der Waals surface area contributed by atoms with E-state index >= 15 is 0 Å². The van der Waals surface area contributed by atoms with E-state index in [4.69, 9.17) is 4.42 Å². The summed E-state index contributed by atoms with van der Waals surface area (Å²) in [5.74, 6) is 3.65. The predicted octanol–water partition coefficient (Wildman–Crippen LogP) is 5.27. The second-order valence-electron chi connectivity index (χ2n) is 10.5. The molecule has 0 amide bonds. The molecule has 7 atom stereocenters. The molecular weight excluding hydrogens is 348 g/mol. The summed E-state index contributed by atoms with van der Waals surface area (Å²) in [6.45, 7) is 6.74. The molecule has 0 saturated heterocycles. The molecule has 0 radical (unpaired) electrons. The van der Waals surface area contributed by atoms with Gasteiger partial charge in [0.1, 0.15) is 11.5 Å². The lowest BCUT2D eigenvalue weighted by molar-refractivity contribution is -0.0685. The topological polar surface area (TPSA) is 53.6 Å². The molecule has 4 aliphatic carbocycles. The van der Waals surface area contributed by atoms with Gasteiger partial charge in [0, 0.05) is 5.41 Å². The molecule has 2 N–H and O–H groups in total. The van der Waals surface area contributed by atoms with Gasteiger partial charge in [-0.05, 0) is 98.8 Å². The van der Waals surface area contributed by atoms with Crippen molar-refractivity contribution in [3.05, 3.63) is 40.9 Å². The maximum Gasteiger partial charge on any atom is 0.127 e. The summed E-state index contributed by atoms with van der Waals surface area (Å²) in [4.78, 5) is 0. The van der Waals surface area contributed by atoms with Crippen LogP contribution < -0.4 is 0 Å². The molecule has 3 nitrogen and oxygen atoms in total. The Hall–Kier alpha value is -1.32. The predicted molar refractivity (Wildman–Crippen MR) is 111 cm³/mol. The monoisotopic (exact) mass is 382 g/mol. The van der Waals surface area contributed by atoms with E-state index in [0.29, 0.717) is 17.8 Å². The van der Waals surface area contributed by atoms with E-state index in [1.54, 1.807) is 0 Å². The van der Waals surface area contributed by atoms with Crippen molar-refractivity contribution in [1.82, 2.24) is 0 Å². The summed E-state index contributed by atoms with van der Waals surface area (Å²) in [5.41, 5.74) is 2.89. The Morgan fingerprint density at radius 3 is 2.64 bits per heavy atom. The third-order valence-electron chi connectivity index (χ3n) is 9.04. The lowest BCUT2D eigenvalue weighted by Gasteiger charge is -2.57. The van der Waals surface area contributed by atoms with E-state index in [2.05, 4.69) is 26.0 Å². The Bertz CT molecular complexity index is 833. The lowest BCUT2D eigenvalue weighted by Crippen LogP contribution is -2.51. The van der Waals surface area contributed by atoms with Crippen LogP contribution in [-0.2, 0) is 0 Å². The van der Waals surface area contributed by atoms with Gasteiger partial charge in [-0.1, -0.05) is 25.5 Å². The molecule has 1 heterocycles. The number of allylic oxidation sites excluding steroid dienone is 1. The molecule has 28 heavy (non-hydrogen) atoms. The van der Waals surface area contributed by atoms with Gasteiger partial charge in [0.05, 0.1) is 12.2 Å². The van der Waals surface area contributed by atoms with Gasteiger partial charge in [-0.2, -0.15) is 0 Å². The molecule has 0 bridgehead atoms. The van der Waals surface area contributed by atoms with Crippen molar-refractivity contribution in [2.24, 2.45) is 28.6 Å². The van der Waals surface area contributed by atoms with Crippen LogP contribution in [0.2, 0.25) is 0 Å². The lowest BCUT2D eigenvalue weighted by atomic mass is 9.48. The molecule has 3 fully saturated rings. The summed E-state index contributed by atoms with van der Waals surface area (Å²) >= 11 is 0. The summed E-state index contributed by atoms with van der Waals surface area (Å²) in [7, 11) is 0. The first-order valence-electron chi connectivity index (χ1n) is 11.1. The Morgan fingerprint density at radius 2 is 1.89 bits per heavy atom. The highest BCUT2D eigenvalue weighted by Gasteiger charge is 2.59. The minimum Gasteiger partial charge on any atom is -0.462 e. The van der Waals surface area contributed by atoms with E-state index in [1.165, 1.54) is 12.0 Å². The van der Waals surface area contributed by atoms with Crippen molar-refractivity contribution >= 4 is 6.08 Å². The Kier molecular flexibility index (Phi) is 4.23. The van der Waals surface area contributed by atoms with E-state index in [-0.39, 0.29) is 23.0 Å². The zero-order valence-corrected chi connectivity index (χ0v) is 17.4. The van der Waals surface area contributed by atoms with Gasteiger partial charge < -0.3 is 14.6 Å². The molecule has 3 heteroatoms. The number of furan rings is 1. The van der Waals surface area contributed by atoms with Gasteiger partial charge in [0.25, 0.3) is 0 Å². The number of rotatable bonds is 1. The van der Waals surface area contributed by atoms with Gasteiger partial charge in [0.2, 0.25) is 0 Å². The van der Waals surface area contributed by atoms with E-state index < -0.39 is 0 Å². The SMILES string of the molecule is Cc1ccc(/C=C2/C[C@@H]3[C@@H]4CC=C5C[C@H](O)CC[C@]5(C)[C@@H]4CC[C@]3(C)[C@@H]2O)o1. The zero-order chi connectivity index (χ0) is 19.7. The number of aryl methyl sites for hydroxylation is 1. The molecule has 1 aromatic heterocycles. The van der Waals surface area contributed by atoms with Crippen molar-refractivity contribution in [1.29, 1.82) is 0 Å². The van der Waals surface area contributed by atoms with Crippen LogP contribution in [0.5, 0.6) is 0 Å². The molecule has 0 aromatic carbocycles. The highest BCUT2D eigenvalue weighted by molar-refractivity contribution is 5.51. The number of hydrogen-bond donors (Lipinski definition) is 2. The van der Waals surface area contributed by atoms with Crippen LogP contribution in [0.1, 0.15) is 70.3 Å². The molecular formula is C25H34O3. The first kappa shape index (κ1) is 18.7. The fraction of sp³-hybridized carbons (Fsp3) is 0.680. The quantitative estimate of drug-likeness (QED) is 0.651. The van der Waals surface area contributed by atoms with Crippen LogP contribution in [0.15, 0.2) is 33.8 Å². The van der Waals surface area contributed by atoms with Gasteiger partial charge in [-0.15, -0.1) is 0 Å². The third kappa shape index (κ3) is 2.62. The number of hydrogen-bond acceptors (Lipinski definition) is 3. The first-order valence-corrected chi connectivity index (χ1v) is 11.1. The number of fused-ring (bicyclic) bond motifs is 5. The summed E-state index contributed by atoms with van der Waals surface area (Å²) < 4.78 is 5.76.